The number of hydrogen-bond donors (Lipinski definition) is 3. The Kier molecular flexibility index (Phi) is 12.0. The van der Waals surface area contributed by atoms with Crippen LogP contribution in [0.1, 0.15) is 70.0 Å². The Morgan fingerprint density at radius 3 is 2.63 bits per heavy atom. The van der Waals surface area contributed by atoms with E-state index in [9.17, 15) is 19.5 Å². The van der Waals surface area contributed by atoms with Gasteiger partial charge in [-0.2, -0.15) is 0 Å². The maximum atomic E-state index is 13.4. The first-order chi connectivity index (χ1) is 18.3. The first-order valence-corrected chi connectivity index (χ1v) is 14.3. The monoisotopic (exact) mass is 550 g/mol. The Balaban J connectivity index is 1.69. The Hall–Kier alpha value is -2.52. The van der Waals surface area contributed by atoms with Crippen molar-refractivity contribution < 1.29 is 24.2 Å². The number of piperidine rings is 1. The fourth-order valence-corrected chi connectivity index (χ4v) is 5.92. The van der Waals surface area contributed by atoms with Crippen molar-refractivity contribution in [1.82, 2.24) is 20.4 Å². The van der Waals surface area contributed by atoms with Gasteiger partial charge in [0, 0.05) is 50.2 Å². The number of carboxylic acid groups (broad SMARTS) is 1. The maximum absolute atomic E-state index is 13.4. The van der Waals surface area contributed by atoms with Gasteiger partial charge in [-0.3, -0.25) is 4.79 Å². The molecule has 9 nitrogen and oxygen atoms in total. The molecule has 3 atom stereocenters. The number of ether oxygens (including phenoxy) is 1. The lowest BCUT2D eigenvalue weighted by molar-refractivity contribution is -0.129. The third-order valence-electron chi connectivity index (χ3n) is 7.61. The van der Waals surface area contributed by atoms with Crippen LogP contribution in [0.25, 0.3) is 0 Å². The van der Waals surface area contributed by atoms with Crippen LogP contribution in [0, 0.1) is 11.8 Å². The smallest absolute Gasteiger partial charge is 0.407 e. The minimum atomic E-state index is -1.00. The Bertz CT molecular complexity index is 926. The van der Waals surface area contributed by atoms with Crippen LogP contribution in [-0.2, 0) is 9.53 Å². The van der Waals surface area contributed by atoms with E-state index >= 15 is 0 Å². The number of benzene rings is 1. The number of likely N-dealkylation sites (N-methyl/N-ethyl adjacent to an activating group) is 2. The number of halogens is 1. The first kappa shape index (κ1) is 30.0. The third kappa shape index (κ3) is 9.34. The van der Waals surface area contributed by atoms with E-state index in [2.05, 4.69) is 10.6 Å². The summed E-state index contributed by atoms with van der Waals surface area (Å²) in [5.74, 6) is 0.305. The number of nitrogens with one attached hydrogen (secondary N) is 2. The second-order valence-electron chi connectivity index (χ2n) is 10.6. The molecule has 3 rings (SSSR count). The predicted molar refractivity (Wildman–Crippen MR) is 147 cm³/mol. The van der Waals surface area contributed by atoms with Gasteiger partial charge in [0.25, 0.3) is 0 Å². The van der Waals surface area contributed by atoms with Gasteiger partial charge in [-0.05, 0) is 49.8 Å². The summed E-state index contributed by atoms with van der Waals surface area (Å²) in [7, 11) is 1.54. The zero-order valence-corrected chi connectivity index (χ0v) is 23.4. The van der Waals surface area contributed by atoms with E-state index in [1.807, 2.05) is 25.1 Å². The van der Waals surface area contributed by atoms with Crippen LogP contribution in [0.2, 0.25) is 5.02 Å². The van der Waals surface area contributed by atoms with Crippen LogP contribution in [0.15, 0.2) is 24.3 Å². The molecule has 1 aliphatic carbocycles. The van der Waals surface area contributed by atoms with Crippen LogP contribution in [0.4, 0.5) is 9.59 Å². The van der Waals surface area contributed by atoms with Crippen LogP contribution in [0.5, 0.6) is 0 Å². The topological polar surface area (TPSA) is 111 Å². The average molecular weight is 551 g/mol. The zero-order valence-electron chi connectivity index (χ0n) is 22.7. The number of carbonyl (C=O) groups is 3. The number of urea groups is 1. The molecule has 2 fully saturated rings. The Morgan fingerprint density at radius 2 is 1.95 bits per heavy atom. The molecule has 0 spiro atoms. The molecule has 2 aliphatic rings. The van der Waals surface area contributed by atoms with Crippen molar-refractivity contribution in [2.45, 2.75) is 70.4 Å². The zero-order chi connectivity index (χ0) is 27.5. The summed E-state index contributed by atoms with van der Waals surface area (Å²) in [6.07, 6.45) is 6.92. The van der Waals surface area contributed by atoms with E-state index in [-0.39, 0.29) is 43.2 Å². The number of hydrogen-bond acceptors (Lipinski definition) is 4. The molecule has 4 amide bonds. The number of carbonyl (C=O) groups excluding carboxylic acids is 2. The molecular weight excluding hydrogens is 508 g/mol. The molecule has 212 valence electrons. The van der Waals surface area contributed by atoms with E-state index in [4.69, 9.17) is 16.3 Å². The first-order valence-electron chi connectivity index (χ1n) is 13.9. The SMILES string of the molecule is CCNC(=O)COC(c1cccc(Cl)c1)[C@@H]1CCCN(C(=O)N[C@H](CC2CCCCC2)CN(C)C(=O)O)C1. The van der Waals surface area contributed by atoms with Crippen molar-refractivity contribution in [3.05, 3.63) is 34.9 Å². The molecule has 1 aliphatic heterocycles. The van der Waals surface area contributed by atoms with E-state index in [1.54, 1.807) is 18.0 Å². The van der Waals surface area contributed by atoms with Crippen LogP contribution in [0.3, 0.4) is 0 Å². The summed E-state index contributed by atoms with van der Waals surface area (Å²) in [6.45, 7) is 3.67. The lowest BCUT2D eigenvalue weighted by Gasteiger charge is -2.38. The quantitative estimate of drug-likeness (QED) is 0.363. The largest absolute Gasteiger partial charge is 0.465 e. The number of nitrogens with zero attached hydrogens (tertiary/aromatic N) is 2. The van der Waals surface area contributed by atoms with E-state index in [0.29, 0.717) is 30.6 Å². The highest BCUT2D eigenvalue weighted by atomic mass is 35.5. The van der Waals surface area contributed by atoms with E-state index < -0.39 is 6.09 Å². The van der Waals surface area contributed by atoms with Crippen molar-refractivity contribution in [2.24, 2.45) is 11.8 Å². The van der Waals surface area contributed by atoms with Crippen molar-refractivity contribution in [1.29, 1.82) is 0 Å². The van der Waals surface area contributed by atoms with Crippen molar-refractivity contribution in [2.75, 3.05) is 39.8 Å². The van der Waals surface area contributed by atoms with E-state index in [0.717, 1.165) is 37.7 Å². The van der Waals surface area contributed by atoms with Gasteiger partial charge >= 0.3 is 12.1 Å². The summed E-state index contributed by atoms with van der Waals surface area (Å²) in [5.41, 5.74) is 0.882. The standard InChI is InChI=1S/C28H43ClN4O5/c1-3-30-25(34)19-38-26(21-11-7-13-23(29)16-21)22-12-8-14-33(17-22)27(35)31-24(18-32(2)28(36)37)15-20-9-5-4-6-10-20/h7,11,13,16,20,22,24,26H,3-6,8-10,12,14-15,17-19H2,1-2H3,(H,30,34)(H,31,35)(H,36,37)/t22-,24-,26?/m1/s1. The predicted octanol–water partition coefficient (Wildman–Crippen LogP) is 4.90. The average Bonchev–Trinajstić information content (AvgIpc) is 2.89. The lowest BCUT2D eigenvalue weighted by atomic mass is 9.84. The molecule has 10 heteroatoms. The fourth-order valence-electron chi connectivity index (χ4n) is 5.72. The van der Waals surface area contributed by atoms with Gasteiger partial charge in [0.05, 0.1) is 6.10 Å². The van der Waals surface area contributed by atoms with Crippen molar-refractivity contribution in [3.63, 3.8) is 0 Å². The molecule has 1 aromatic carbocycles. The number of likely N-dealkylation sites (tertiary alicyclic amines) is 1. The molecular formula is C28H43ClN4O5. The fraction of sp³-hybridized carbons (Fsp3) is 0.679. The van der Waals surface area contributed by atoms with Crippen LogP contribution >= 0.6 is 11.6 Å². The highest BCUT2D eigenvalue weighted by Gasteiger charge is 2.33. The number of amides is 4. The normalized spacial score (nSPS) is 19.9. The molecule has 3 N–H and O–H groups in total. The van der Waals surface area contributed by atoms with Crippen molar-refractivity contribution >= 4 is 29.6 Å². The highest BCUT2D eigenvalue weighted by molar-refractivity contribution is 6.30. The minimum Gasteiger partial charge on any atom is -0.465 e. The summed E-state index contributed by atoms with van der Waals surface area (Å²) in [4.78, 5) is 40.1. The molecule has 0 aromatic heterocycles. The highest BCUT2D eigenvalue weighted by Crippen LogP contribution is 2.34. The van der Waals surface area contributed by atoms with Crippen molar-refractivity contribution in [3.8, 4) is 0 Å². The van der Waals surface area contributed by atoms with Gasteiger partial charge in [-0.15, -0.1) is 0 Å². The van der Waals surface area contributed by atoms with Crippen LogP contribution < -0.4 is 10.6 Å². The third-order valence-corrected chi connectivity index (χ3v) is 7.84. The second kappa shape index (κ2) is 15.2. The van der Waals surface area contributed by atoms with Gasteiger partial charge in [-0.1, -0.05) is 55.8 Å². The lowest BCUT2D eigenvalue weighted by Crippen LogP contribution is -2.52. The summed E-state index contributed by atoms with van der Waals surface area (Å²) < 4.78 is 6.12. The molecule has 0 bridgehead atoms. The molecule has 1 saturated carbocycles. The molecule has 38 heavy (non-hydrogen) atoms. The Labute approximate surface area is 231 Å². The summed E-state index contributed by atoms with van der Waals surface area (Å²) in [6, 6.07) is 7.03. The summed E-state index contributed by atoms with van der Waals surface area (Å²) in [5, 5.41) is 15.9. The second-order valence-corrected chi connectivity index (χ2v) is 11.1. The molecule has 1 aromatic rings. The van der Waals surface area contributed by atoms with Gasteiger partial charge in [0.1, 0.15) is 6.61 Å². The molecule has 1 saturated heterocycles. The minimum absolute atomic E-state index is 0.0131. The molecule has 1 unspecified atom stereocenters. The van der Waals surface area contributed by atoms with Gasteiger partial charge in [0.15, 0.2) is 0 Å². The Morgan fingerprint density at radius 1 is 1.18 bits per heavy atom. The van der Waals surface area contributed by atoms with Gasteiger partial charge in [-0.25, -0.2) is 9.59 Å². The maximum Gasteiger partial charge on any atom is 0.407 e. The number of rotatable bonds is 11. The van der Waals surface area contributed by atoms with Gasteiger partial charge < -0.3 is 30.3 Å². The van der Waals surface area contributed by atoms with Gasteiger partial charge in [0.2, 0.25) is 5.91 Å². The van der Waals surface area contributed by atoms with E-state index in [1.165, 1.54) is 24.2 Å². The molecule has 1 heterocycles. The molecule has 0 radical (unpaired) electrons. The summed E-state index contributed by atoms with van der Waals surface area (Å²) >= 11 is 6.27. The van der Waals surface area contributed by atoms with Crippen LogP contribution in [-0.4, -0.2) is 78.8 Å².